The van der Waals surface area contributed by atoms with E-state index >= 15 is 0 Å². The topological polar surface area (TPSA) is 47.3 Å². The first kappa shape index (κ1) is 15.5. The predicted octanol–water partition coefficient (Wildman–Crippen LogP) is 5.06. The third-order valence-corrected chi connectivity index (χ3v) is 5.21. The molecule has 0 atom stereocenters. The molecule has 0 spiro atoms. The lowest BCUT2D eigenvalue weighted by Gasteiger charge is -2.08. The van der Waals surface area contributed by atoms with Gasteiger partial charge in [0.25, 0.3) is 0 Å². The first-order valence-electron chi connectivity index (χ1n) is 7.87. The molecule has 4 rings (SSSR count). The lowest BCUT2D eigenvalue weighted by atomic mass is 10.0. The van der Waals surface area contributed by atoms with Crippen LogP contribution in [0.1, 0.15) is 21.7 Å². The minimum Gasteiger partial charge on any atom is -0.461 e. The molecule has 122 valence electrons. The van der Waals surface area contributed by atoms with Gasteiger partial charge in [0.1, 0.15) is 11.5 Å². The van der Waals surface area contributed by atoms with Crippen molar-refractivity contribution in [3.05, 3.63) is 93.8 Å². The van der Waals surface area contributed by atoms with E-state index in [1.807, 2.05) is 37.3 Å². The van der Waals surface area contributed by atoms with E-state index in [4.69, 9.17) is 4.42 Å². The highest BCUT2D eigenvalue weighted by Gasteiger charge is 2.23. The Bertz CT molecular complexity index is 1140. The lowest BCUT2D eigenvalue weighted by Crippen LogP contribution is -2.17. The number of fused-ring (bicyclic) bond motifs is 1. The molecule has 3 nitrogen and oxygen atoms in total. The van der Waals surface area contributed by atoms with Crippen LogP contribution in [0.2, 0.25) is 0 Å². The van der Waals surface area contributed by atoms with Crippen molar-refractivity contribution in [2.24, 2.45) is 0 Å². The van der Waals surface area contributed by atoms with Gasteiger partial charge < -0.3 is 4.42 Å². The molecule has 0 N–H and O–H groups in total. The summed E-state index contributed by atoms with van der Waals surface area (Å²) in [5.41, 5.74) is 0.406. The minimum atomic E-state index is -0.281. The van der Waals surface area contributed by atoms with Crippen LogP contribution >= 0.6 is 11.3 Å². The fourth-order valence-corrected chi connectivity index (χ4v) is 3.95. The Hall–Kier alpha value is -2.98. The maximum absolute atomic E-state index is 13.1. The van der Waals surface area contributed by atoms with Gasteiger partial charge in [0.2, 0.25) is 0 Å². The Labute approximate surface area is 148 Å². The lowest BCUT2D eigenvalue weighted by molar-refractivity contribution is 0.103. The molecule has 4 aromatic rings. The predicted molar refractivity (Wildman–Crippen MR) is 100 cm³/mol. The molecule has 0 fully saturated rings. The summed E-state index contributed by atoms with van der Waals surface area (Å²) in [6, 6.07) is 19.8. The number of aryl methyl sites for hydroxylation is 1. The third-order valence-electron chi connectivity index (χ3n) is 4.03. The van der Waals surface area contributed by atoms with Crippen molar-refractivity contribution >= 4 is 27.2 Å². The molecule has 0 saturated heterocycles. The Morgan fingerprint density at radius 2 is 1.64 bits per heavy atom. The monoisotopic (exact) mass is 346 g/mol. The zero-order chi connectivity index (χ0) is 17.4. The number of carbonyl (C=O) groups excluding carboxylic acids is 1. The van der Waals surface area contributed by atoms with Crippen molar-refractivity contribution in [1.29, 1.82) is 0 Å². The first-order valence-corrected chi connectivity index (χ1v) is 8.69. The quantitative estimate of drug-likeness (QED) is 0.487. The second kappa shape index (κ2) is 6.15. The van der Waals surface area contributed by atoms with E-state index in [1.165, 1.54) is 11.3 Å². The summed E-state index contributed by atoms with van der Waals surface area (Å²) in [5.74, 6) is 1.00. The van der Waals surface area contributed by atoms with Crippen molar-refractivity contribution in [3.8, 4) is 10.6 Å². The zero-order valence-corrected chi connectivity index (χ0v) is 14.3. The number of hydrogen-bond acceptors (Lipinski definition) is 4. The molecule has 0 aliphatic heterocycles. The van der Waals surface area contributed by atoms with Gasteiger partial charge in [-0.3, -0.25) is 9.59 Å². The van der Waals surface area contributed by atoms with Crippen LogP contribution in [0.15, 0.2) is 75.9 Å². The number of hydrogen-bond donors (Lipinski definition) is 0. The molecule has 0 radical (unpaired) electrons. The second-order valence-corrected chi connectivity index (χ2v) is 6.79. The Morgan fingerprint density at radius 1 is 0.920 bits per heavy atom. The molecule has 2 aromatic carbocycles. The summed E-state index contributed by atoms with van der Waals surface area (Å²) in [6.45, 7) is 1.84. The van der Waals surface area contributed by atoms with Crippen molar-refractivity contribution in [2.45, 2.75) is 6.92 Å². The highest BCUT2D eigenvalue weighted by Crippen LogP contribution is 2.33. The van der Waals surface area contributed by atoms with Gasteiger partial charge >= 0.3 is 0 Å². The van der Waals surface area contributed by atoms with E-state index in [1.54, 1.807) is 36.4 Å². The van der Waals surface area contributed by atoms with E-state index in [0.717, 1.165) is 10.5 Å². The molecule has 0 bridgehead atoms. The van der Waals surface area contributed by atoms with Crippen LogP contribution in [-0.4, -0.2) is 5.78 Å². The van der Waals surface area contributed by atoms with Gasteiger partial charge in [-0.15, -0.1) is 11.3 Å². The van der Waals surface area contributed by atoms with E-state index in [0.29, 0.717) is 21.6 Å². The Kier molecular flexibility index (Phi) is 3.82. The standard InChI is InChI=1S/C21H14O3S/c1-13-11-12-16(24-13)21-18(19(22)14-7-3-2-4-8-14)20(23)15-9-5-6-10-17(15)25-21/h2-12H,1H3. The summed E-state index contributed by atoms with van der Waals surface area (Å²) >= 11 is 1.40. The molecule has 2 aromatic heterocycles. The van der Waals surface area contributed by atoms with Crippen LogP contribution in [0.4, 0.5) is 0 Å². The third kappa shape index (κ3) is 2.71. The molecular formula is C21H14O3S. The van der Waals surface area contributed by atoms with Crippen LogP contribution in [-0.2, 0) is 0 Å². The normalized spacial score (nSPS) is 10.9. The smallest absolute Gasteiger partial charge is 0.199 e. The van der Waals surface area contributed by atoms with Crippen LogP contribution in [0.3, 0.4) is 0 Å². The van der Waals surface area contributed by atoms with E-state index in [-0.39, 0.29) is 16.8 Å². The Balaban J connectivity index is 2.05. The van der Waals surface area contributed by atoms with Crippen LogP contribution in [0, 0.1) is 6.92 Å². The first-order chi connectivity index (χ1) is 12.1. The van der Waals surface area contributed by atoms with Gasteiger partial charge in [0.15, 0.2) is 11.2 Å². The number of furan rings is 1. The van der Waals surface area contributed by atoms with Crippen molar-refractivity contribution in [2.75, 3.05) is 0 Å². The fourth-order valence-electron chi connectivity index (χ4n) is 2.81. The molecule has 2 heterocycles. The van der Waals surface area contributed by atoms with Gasteiger partial charge in [-0.05, 0) is 31.2 Å². The average Bonchev–Trinajstić information content (AvgIpc) is 3.08. The van der Waals surface area contributed by atoms with Crippen LogP contribution < -0.4 is 5.43 Å². The van der Waals surface area contributed by atoms with Gasteiger partial charge in [-0.1, -0.05) is 42.5 Å². The van der Waals surface area contributed by atoms with Gasteiger partial charge in [-0.2, -0.15) is 0 Å². The molecule has 0 amide bonds. The maximum atomic E-state index is 13.1. The summed E-state index contributed by atoms with van der Waals surface area (Å²) in [7, 11) is 0. The molecule has 25 heavy (non-hydrogen) atoms. The van der Waals surface area contributed by atoms with Crippen molar-refractivity contribution in [3.63, 3.8) is 0 Å². The summed E-state index contributed by atoms with van der Waals surface area (Å²) < 4.78 is 6.55. The maximum Gasteiger partial charge on any atom is 0.199 e. The molecule has 0 aliphatic carbocycles. The highest BCUT2D eigenvalue weighted by atomic mass is 32.1. The second-order valence-electron chi connectivity index (χ2n) is 5.74. The molecule has 0 unspecified atom stereocenters. The molecular weight excluding hydrogens is 332 g/mol. The summed E-state index contributed by atoms with van der Waals surface area (Å²) in [4.78, 5) is 26.7. The van der Waals surface area contributed by atoms with Gasteiger partial charge in [0.05, 0.1) is 10.4 Å². The van der Waals surface area contributed by atoms with Gasteiger partial charge in [-0.25, -0.2) is 0 Å². The molecule has 0 saturated carbocycles. The van der Waals surface area contributed by atoms with Crippen molar-refractivity contribution < 1.29 is 9.21 Å². The summed E-state index contributed by atoms with van der Waals surface area (Å²) in [5, 5.41) is 0.554. The number of ketones is 1. The number of rotatable bonds is 3. The average molecular weight is 346 g/mol. The number of carbonyl (C=O) groups is 1. The Morgan fingerprint density at radius 3 is 2.36 bits per heavy atom. The minimum absolute atomic E-state index is 0.171. The van der Waals surface area contributed by atoms with Crippen LogP contribution in [0.5, 0.6) is 0 Å². The van der Waals surface area contributed by atoms with Crippen LogP contribution in [0.25, 0.3) is 20.7 Å². The molecule has 0 aliphatic rings. The van der Waals surface area contributed by atoms with E-state index < -0.39 is 0 Å². The van der Waals surface area contributed by atoms with E-state index in [2.05, 4.69) is 0 Å². The molecule has 4 heteroatoms. The fraction of sp³-hybridized carbons (Fsp3) is 0.0476. The van der Waals surface area contributed by atoms with E-state index in [9.17, 15) is 9.59 Å². The highest BCUT2D eigenvalue weighted by molar-refractivity contribution is 7.21. The summed E-state index contributed by atoms with van der Waals surface area (Å²) in [6.07, 6.45) is 0. The number of benzene rings is 2. The van der Waals surface area contributed by atoms with Gasteiger partial charge in [0, 0.05) is 15.6 Å². The SMILES string of the molecule is Cc1ccc(-c2sc3ccccc3c(=O)c2C(=O)c2ccccc2)o1. The zero-order valence-electron chi connectivity index (χ0n) is 13.5. The largest absolute Gasteiger partial charge is 0.461 e. The van der Waals surface area contributed by atoms with Crippen molar-refractivity contribution in [1.82, 2.24) is 0 Å².